The Morgan fingerprint density at radius 2 is 1.71 bits per heavy atom. The molecule has 1 amide bonds. The van der Waals surface area contributed by atoms with Gasteiger partial charge in [-0.3, -0.25) is 0 Å². The fourth-order valence-electron chi connectivity index (χ4n) is 5.04. The van der Waals surface area contributed by atoms with Gasteiger partial charge in [-0.05, 0) is 65.3 Å². The van der Waals surface area contributed by atoms with Crippen molar-refractivity contribution in [3.8, 4) is 16.9 Å². The summed E-state index contributed by atoms with van der Waals surface area (Å²) in [5.74, 6) is 0.921. The van der Waals surface area contributed by atoms with Gasteiger partial charge in [-0.25, -0.2) is 4.79 Å². The number of hydrogen-bond acceptors (Lipinski definition) is 5. The number of hydrogen-bond donors (Lipinski definition) is 3. The molecular formula is C29H32N2O4. The summed E-state index contributed by atoms with van der Waals surface area (Å²) < 4.78 is 11.7. The Bertz CT molecular complexity index is 1130. The van der Waals surface area contributed by atoms with Crippen LogP contribution in [-0.4, -0.2) is 43.6 Å². The van der Waals surface area contributed by atoms with Gasteiger partial charge < -0.3 is 25.2 Å². The molecule has 0 saturated heterocycles. The first-order valence-corrected chi connectivity index (χ1v) is 12.5. The third-order valence-electron chi connectivity index (χ3n) is 6.78. The van der Waals surface area contributed by atoms with E-state index in [4.69, 9.17) is 14.6 Å². The van der Waals surface area contributed by atoms with Crippen LogP contribution in [0.4, 0.5) is 10.5 Å². The third-order valence-corrected chi connectivity index (χ3v) is 6.78. The highest BCUT2D eigenvalue weighted by Crippen LogP contribution is 2.44. The molecule has 3 aromatic carbocycles. The van der Waals surface area contributed by atoms with Crippen LogP contribution in [0.5, 0.6) is 5.75 Å². The summed E-state index contributed by atoms with van der Waals surface area (Å²) >= 11 is 0. The molecule has 6 heteroatoms. The summed E-state index contributed by atoms with van der Waals surface area (Å²) in [5.41, 5.74) is 7.05. The van der Waals surface area contributed by atoms with E-state index in [1.807, 2.05) is 36.4 Å². The molecule has 5 rings (SSSR count). The van der Waals surface area contributed by atoms with E-state index in [1.165, 1.54) is 22.3 Å². The van der Waals surface area contributed by atoms with E-state index in [-0.39, 0.29) is 18.6 Å². The highest BCUT2D eigenvalue weighted by molar-refractivity contribution is 5.79. The first kappa shape index (κ1) is 23.2. The Labute approximate surface area is 206 Å². The van der Waals surface area contributed by atoms with Crippen LogP contribution < -0.4 is 15.4 Å². The van der Waals surface area contributed by atoms with Gasteiger partial charge in [-0.2, -0.15) is 0 Å². The molecule has 1 unspecified atom stereocenters. The molecule has 0 radical (unpaired) electrons. The highest BCUT2D eigenvalue weighted by Gasteiger charge is 2.29. The molecule has 0 fully saturated rings. The van der Waals surface area contributed by atoms with Gasteiger partial charge in [-0.15, -0.1) is 0 Å². The number of aliphatic hydroxyl groups is 1. The first-order valence-electron chi connectivity index (χ1n) is 12.5. The molecule has 3 aromatic rings. The minimum atomic E-state index is -0.420. The number of ether oxygens (including phenoxy) is 2. The van der Waals surface area contributed by atoms with Crippen LogP contribution in [0.15, 0.2) is 66.7 Å². The Hall–Kier alpha value is -3.51. The molecule has 3 N–H and O–H groups in total. The topological polar surface area (TPSA) is 79.8 Å². The molecule has 1 aliphatic heterocycles. The Morgan fingerprint density at radius 1 is 0.971 bits per heavy atom. The van der Waals surface area contributed by atoms with Gasteiger partial charge in [0.2, 0.25) is 0 Å². The van der Waals surface area contributed by atoms with E-state index in [2.05, 4.69) is 41.0 Å². The maximum absolute atomic E-state index is 12.5. The number of amides is 1. The van der Waals surface area contributed by atoms with Crippen LogP contribution in [0.3, 0.4) is 0 Å². The molecule has 1 heterocycles. The van der Waals surface area contributed by atoms with Crippen molar-refractivity contribution in [2.45, 2.75) is 37.7 Å². The average molecular weight is 473 g/mol. The van der Waals surface area contributed by atoms with E-state index in [0.717, 1.165) is 49.2 Å². The molecule has 1 atom stereocenters. The molecule has 0 aromatic heterocycles. The minimum Gasteiger partial charge on any atom is -0.488 e. The number of carbonyl (C=O) groups excluding carboxylic acids is 1. The first-order chi connectivity index (χ1) is 17.2. The Kier molecular flexibility index (Phi) is 7.19. The molecule has 0 spiro atoms. The number of rotatable bonds is 10. The Balaban J connectivity index is 1.09. The van der Waals surface area contributed by atoms with E-state index in [1.54, 1.807) is 0 Å². The maximum Gasteiger partial charge on any atom is 0.407 e. The standard InChI is InChI=1S/C29H32N2O4/c32-15-7-1-6-14-30-21-12-13-28-20(16-21)17-22(35-28)18-31-29(33)34-19-27-25-10-4-2-8-23(25)24-9-3-5-11-26(24)27/h2-5,8-13,16,22,27,30,32H,1,6-7,14-15,17-19H2,(H,31,33). The van der Waals surface area contributed by atoms with Crippen molar-refractivity contribution in [2.75, 3.05) is 31.6 Å². The van der Waals surface area contributed by atoms with Crippen molar-refractivity contribution in [1.82, 2.24) is 5.32 Å². The third kappa shape index (κ3) is 5.28. The summed E-state index contributed by atoms with van der Waals surface area (Å²) in [6, 6.07) is 22.8. The zero-order valence-corrected chi connectivity index (χ0v) is 19.8. The number of alkyl carbamates (subject to hydrolysis) is 1. The number of carbonyl (C=O) groups is 1. The number of anilines is 1. The van der Waals surface area contributed by atoms with Crippen LogP contribution in [0.25, 0.3) is 11.1 Å². The second kappa shape index (κ2) is 10.8. The zero-order valence-electron chi connectivity index (χ0n) is 19.8. The molecule has 182 valence electrons. The van der Waals surface area contributed by atoms with E-state index in [0.29, 0.717) is 13.2 Å². The van der Waals surface area contributed by atoms with Gasteiger partial charge in [-0.1, -0.05) is 48.5 Å². The summed E-state index contributed by atoms with van der Waals surface area (Å²) in [7, 11) is 0. The normalized spacial score (nSPS) is 15.6. The zero-order chi connectivity index (χ0) is 24.0. The van der Waals surface area contributed by atoms with Crippen molar-refractivity contribution < 1.29 is 19.4 Å². The van der Waals surface area contributed by atoms with Crippen molar-refractivity contribution in [3.05, 3.63) is 83.4 Å². The highest BCUT2D eigenvalue weighted by atomic mass is 16.5. The largest absolute Gasteiger partial charge is 0.488 e. The van der Waals surface area contributed by atoms with Gasteiger partial charge in [0.25, 0.3) is 0 Å². The predicted octanol–water partition coefficient (Wildman–Crippen LogP) is 5.10. The lowest BCUT2D eigenvalue weighted by atomic mass is 9.98. The van der Waals surface area contributed by atoms with E-state index in [9.17, 15) is 4.79 Å². The molecule has 2 aliphatic rings. The van der Waals surface area contributed by atoms with Crippen LogP contribution >= 0.6 is 0 Å². The van der Waals surface area contributed by atoms with Crippen molar-refractivity contribution in [3.63, 3.8) is 0 Å². The number of fused-ring (bicyclic) bond motifs is 4. The van der Waals surface area contributed by atoms with Crippen molar-refractivity contribution in [1.29, 1.82) is 0 Å². The average Bonchev–Trinajstić information content (AvgIpc) is 3.44. The molecular weight excluding hydrogens is 440 g/mol. The number of aliphatic hydroxyl groups excluding tert-OH is 1. The SMILES string of the molecule is O=C(NCC1Cc2cc(NCCCCCO)ccc2O1)OCC1c2ccccc2-c2ccccc21. The van der Waals surface area contributed by atoms with Gasteiger partial charge in [0.1, 0.15) is 18.5 Å². The van der Waals surface area contributed by atoms with Crippen molar-refractivity contribution >= 4 is 11.8 Å². The number of unbranched alkanes of at least 4 members (excludes halogenated alkanes) is 2. The molecule has 0 saturated carbocycles. The summed E-state index contributed by atoms with van der Waals surface area (Å²) in [6.07, 6.45) is 3.11. The smallest absolute Gasteiger partial charge is 0.407 e. The van der Waals surface area contributed by atoms with Gasteiger partial charge in [0.15, 0.2) is 0 Å². The molecule has 6 nitrogen and oxygen atoms in total. The van der Waals surface area contributed by atoms with Crippen LogP contribution in [0, 0.1) is 0 Å². The summed E-state index contributed by atoms with van der Waals surface area (Å²) in [4.78, 5) is 12.5. The fourth-order valence-corrected chi connectivity index (χ4v) is 5.04. The van der Waals surface area contributed by atoms with Crippen LogP contribution in [-0.2, 0) is 11.2 Å². The fraction of sp³-hybridized carbons (Fsp3) is 0.345. The second-order valence-corrected chi connectivity index (χ2v) is 9.18. The lowest BCUT2D eigenvalue weighted by Crippen LogP contribution is -2.35. The second-order valence-electron chi connectivity index (χ2n) is 9.18. The lowest BCUT2D eigenvalue weighted by molar-refractivity contribution is 0.136. The minimum absolute atomic E-state index is 0.0506. The van der Waals surface area contributed by atoms with Gasteiger partial charge >= 0.3 is 6.09 Å². The summed E-state index contributed by atoms with van der Waals surface area (Å²) in [5, 5.41) is 15.2. The molecule has 1 aliphatic carbocycles. The number of benzene rings is 3. The molecule has 35 heavy (non-hydrogen) atoms. The maximum atomic E-state index is 12.5. The van der Waals surface area contributed by atoms with Crippen molar-refractivity contribution in [2.24, 2.45) is 0 Å². The summed E-state index contributed by atoms with van der Waals surface area (Å²) in [6.45, 7) is 1.84. The predicted molar refractivity (Wildman–Crippen MR) is 137 cm³/mol. The quantitative estimate of drug-likeness (QED) is 0.358. The lowest BCUT2D eigenvalue weighted by Gasteiger charge is -2.16. The van der Waals surface area contributed by atoms with Crippen LogP contribution in [0.2, 0.25) is 0 Å². The molecule has 0 bridgehead atoms. The van der Waals surface area contributed by atoms with Gasteiger partial charge in [0, 0.05) is 31.2 Å². The monoisotopic (exact) mass is 472 g/mol. The van der Waals surface area contributed by atoms with E-state index < -0.39 is 6.09 Å². The van der Waals surface area contributed by atoms with Gasteiger partial charge in [0.05, 0.1) is 6.54 Å². The van der Waals surface area contributed by atoms with E-state index >= 15 is 0 Å². The Morgan fingerprint density at radius 3 is 2.46 bits per heavy atom. The van der Waals surface area contributed by atoms with Crippen LogP contribution in [0.1, 0.15) is 41.9 Å². The number of nitrogens with one attached hydrogen (secondary N) is 2.